The summed E-state index contributed by atoms with van der Waals surface area (Å²) in [6.07, 6.45) is -9.70. The first kappa shape index (κ1) is 18.9. The second-order valence-corrected chi connectivity index (χ2v) is 2.44. The van der Waals surface area contributed by atoms with Crippen molar-refractivity contribution in [3.8, 4) is 0 Å². The van der Waals surface area contributed by atoms with E-state index in [0.717, 1.165) is 0 Å². The Morgan fingerprint density at radius 2 is 1.00 bits per heavy atom. The number of alkyl halides is 6. The van der Waals surface area contributed by atoms with E-state index >= 15 is 0 Å². The summed E-state index contributed by atoms with van der Waals surface area (Å²) < 4.78 is 74.3. The molecule has 0 aromatic rings. The number of rotatable bonds is 2. The van der Waals surface area contributed by atoms with Crippen LogP contribution in [0.4, 0.5) is 26.3 Å². The van der Waals surface area contributed by atoms with Crippen LogP contribution in [0.3, 0.4) is 0 Å². The molecule has 0 N–H and O–H groups in total. The Bertz CT molecular complexity index is 242. The Kier molecular flexibility index (Phi) is 8.15. The summed E-state index contributed by atoms with van der Waals surface area (Å²) in [6, 6.07) is 0. The molecule has 0 amide bonds. The molecule has 10 heteroatoms. The van der Waals surface area contributed by atoms with E-state index in [1.165, 1.54) is 13.8 Å². The first-order valence-corrected chi connectivity index (χ1v) is 4.44. The van der Waals surface area contributed by atoms with Crippen LogP contribution in [0.1, 0.15) is 13.8 Å². The van der Waals surface area contributed by atoms with Gasteiger partial charge in [0.25, 0.3) is 0 Å². The summed E-state index contributed by atoms with van der Waals surface area (Å²) in [5, 5.41) is 0. The molecule has 18 heavy (non-hydrogen) atoms. The Morgan fingerprint density at radius 1 is 0.778 bits per heavy atom. The van der Waals surface area contributed by atoms with Crippen molar-refractivity contribution in [2.75, 3.05) is 13.2 Å². The molecule has 0 aromatic carbocycles. The molecule has 0 rings (SSSR count). The molecule has 0 bridgehead atoms. The third-order valence-electron chi connectivity index (χ3n) is 1.01. The number of halogens is 6. The molecule has 0 spiro atoms. The standard InChI is InChI=1S/2C4H5F3O2/c2*1-2-9-3(8)4(5,6)7/h2*2H2,1H3. The predicted octanol–water partition coefficient (Wildman–Crippen LogP) is 2.22. The summed E-state index contributed by atoms with van der Waals surface area (Å²) in [4.78, 5) is 19.4. The first-order chi connectivity index (χ1) is 7.96. The molecule has 0 atom stereocenters. The van der Waals surface area contributed by atoms with Crippen LogP contribution in [0.15, 0.2) is 0 Å². The lowest BCUT2D eigenvalue weighted by Gasteiger charge is -2.02. The Morgan fingerprint density at radius 3 is 1.06 bits per heavy atom. The highest BCUT2D eigenvalue weighted by Crippen LogP contribution is 2.16. The van der Waals surface area contributed by atoms with E-state index < -0.39 is 24.3 Å². The van der Waals surface area contributed by atoms with Crippen molar-refractivity contribution in [1.82, 2.24) is 0 Å². The Labute approximate surface area is 97.8 Å². The van der Waals surface area contributed by atoms with Crippen molar-refractivity contribution >= 4 is 11.9 Å². The van der Waals surface area contributed by atoms with Gasteiger partial charge in [-0.2, -0.15) is 26.3 Å². The van der Waals surface area contributed by atoms with Crippen molar-refractivity contribution in [1.29, 1.82) is 0 Å². The summed E-state index contributed by atoms with van der Waals surface area (Å²) >= 11 is 0. The number of ether oxygens (including phenoxy) is 2. The predicted molar refractivity (Wildman–Crippen MR) is 45.4 cm³/mol. The summed E-state index contributed by atoms with van der Waals surface area (Å²) in [7, 11) is 0. The van der Waals surface area contributed by atoms with Gasteiger partial charge in [0.1, 0.15) is 0 Å². The van der Waals surface area contributed by atoms with Crippen LogP contribution in [-0.4, -0.2) is 37.5 Å². The van der Waals surface area contributed by atoms with Gasteiger partial charge in [-0.05, 0) is 13.8 Å². The third kappa shape index (κ3) is 9.73. The molecule has 0 saturated heterocycles. The molecule has 0 aromatic heterocycles. The molecule has 0 fully saturated rings. The fraction of sp³-hybridized carbons (Fsp3) is 0.750. The maximum atomic E-state index is 11.2. The number of carbonyl (C=O) groups is 2. The molecule has 0 aliphatic heterocycles. The van der Waals surface area contributed by atoms with Crippen LogP contribution in [-0.2, 0) is 19.1 Å². The van der Waals surface area contributed by atoms with Crippen LogP contribution < -0.4 is 0 Å². The van der Waals surface area contributed by atoms with Crippen molar-refractivity contribution in [2.45, 2.75) is 26.2 Å². The Hall–Kier alpha value is -1.48. The molecule has 0 aliphatic rings. The highest BCUT2D eigenvalue weighted by Gasteiger charge is 2.41. The number of esters is 2. The fourth-order valence-electron chi connectivity index (χ4n) is 0.426. The largest absolute Gasteiger partial charge is 0.490 e. The molecule has 0 aliphatic carbocycles. The lowest BCUT2D eigenvalue weighted by Crippen LogP contribution is -2.25. The van der Waals surface area contributed by atoms with Gasteiger partial charge < -0.3 is 9.47 Å². The molecule has 0 unspecified atom stereocenters. The maximum Gasteiger partial charge on any atom is 0.490 e. The highest BCUT2D eigenvalue weighted by molar-refractivity contribution is 5.75. The van der Waals surface area contributed by atoms with E-state index in [4.69, 9.17) is 0 Å². The van der Waals surface area contributed by atoms with E-state index in [1.807, 2.05) is 0 Å². The number of hydrogen-bond acceptors (Lipinski definition) is 4. The van der Waals surface area contributed by atoms with E-state index in [-0.39, 0.29) is 13.2 Å². The zero-order valence-electron chi connectivity index (χ0n) is 9.31. The van der Waals surface area contributed by atoms with Gasteiger partial charge in [-0.1, -0.05) is 0 Å². The topological polar surface area (TPSA) is 52.6 Å². The average molecular weight is 284 g/mol. The average Bonchev–Trinajstić information content (AvgIpc) is 2.16. The lowest BCUT2D eigenvalue weighted by atomic mass is 10.7. The second kappa shape index (κ2) is 7.77. The number of hydrogen-bond donors (Lipinski definition) is 0. The monoisotopic (exact) mass is 284 g/mol. The number of carbonyl (C=O) groups excluding carboxylic acids is 2. The molecular weight excluding hydrogens is 274 g/mol. The zero-order chi connectivity index (χ0) is 15.0. The SMILES string of the molecule is CCOC(=O)C(F)(F)F.CCOC(=O)C(F)(F)F. The normalized spacial score (nSPS) is 11.1. The summed E-state index contributed by atoms with van der Waals surface area (Å²) in [5.41, 5.74) is 0. The smallest absolute Gasteiger partial charge is 0.459 e. The Balaban J connectivity index is 0. The van der Waals surface area contributed by atoms with E-state index in [2.05, 4.69) is 9.47 Å². The highest BCUT2D eigenvalue weighted by atomic mass is 19.4. The van der Waals surface area contributed by atoms with E-state index in [9.17, 15) is 35.9 Å². The van der Waals surface area contributed by atoms with Crippen LogP contribution in [0.25, 0.3) is 0 Å². The molecule has 0 heterocycles. The van der Waals surface area contributed by atoms with Gasteiger partial charge in [0.2, 0.25) is 0 Å². The van der Waals surface area contributed by atoms with Crippen molar-refractivity contribution < 1.29 is 45.4 Å². The van der Waals surface area contributed by atoms with E-state index in [0.29, 0.717) is 0 Å². The van der Waals surface area contributed by atoms with Crippen LogP contribution in [0.5, 0.6) is 0 Å². The van der Waals surface area contributed by atoms with Crippen LogP contribution in [0.2, 0.25) is 0 Å². The second-order valence-electron chi connectivity index (χ2n) is 2.44. The molecular formula is C8H10F6O4. The van der Waals surface area contributed by atoms with Gasteiger partial charge in [-0.3, -0.25) is 0 Å². The molecule has 4 nitrogen and oxygen atoms in total. The van der Waals surface area contributed by atoms with Gasteiger partial charge >= 0.3 is 24.3 Å². The van der Waals surface area contributed by atoms with Gasteiger partial charge in [-0.15, -0.1) is 0 Å². The fourth-order valence-corrected chi connectivity index (χ4v) is 0.426. The van der Waals surface area contributed by atoms with Gasteiger partial charge in [0, 0.05) is 0 Å². The zero-order valence-corrected chi connectivity index (χ0v) is 9.31. The third-order valence-corrected chi connectivity index (χ3v) is 1.01. The van der Waals surface area contributed by atoms with E-state index in [1.54, 1.807) is 0 Å². The summed E-state index contributed by atoms with van der Waals surface area (Å²) in [5.74, 6) is -4.27. The quantitative estimate of drug-likeness (QED) is 0.576. The first-order valence-electron chi connectivity index (χ1n) is 4.44. The van der Waals surface area contributed by atoms with Crippen molar-refractivity contribution in [3.05, 3.63) is 0 Å². The van der Waals surface area contributed by atoms with Crippen LogP contribution >= 0.6 is 0 Å². The molecule has 0 radical (unpaired) electrons. The summed E-state index contributed by atoms with van der Waals surface area (Å²) in [6.45, 7) is 2.12. The molecule has 0 saturated carbocycles. The minimum Gasteiger partial charge on any atom is -0.459 e. The van der Waals surface area contributed by atoms with Gasteiger partial charge in [-0.25, -0.2) is 9.59 Å². The minimum absolute atomic E-state index is 0.252. The van der Waals surface area contributed by atoms with Gasteiger partial charge in [0.05, 0.1) is 13.2 Å². The minimum atomic E-state index is -4.85. The van der Waals surface area contributed by atoms with Gasteiger partial charge in [0.15, 0.2) is 0 Å². The lowest BCUT2D eigenvalue weighted by molar-refractivity contribution is -0.199. The van der Waals surface area contributed by atoms with Crippen molar-refractivity contribution in [3.63, 3.8) is 0 Å². The van der Waals surface area contributed by atoms with Crippen molar-refractivity contribution in [2.24, 2.45) is 0 Å². The molecule has 108 valence electrons. The van der Waals surface area contributed by atoms with Crippen LogP contribution in [0, 0.1) is 0 Å². The maximum absolute atomic E-state index is 11.2.